The van der Waals surface area contributed by atoms with E-state index in [9.17, 15) is 0 Å². The van der Waals surface area contributed by atoms with Crippen LogP contribution in [0.25, 0.3) is 10.8 Å². The number of fused-ring (bicyclic) bond motifs is 1. The minimum atomic E-state index is 0.377. The molecule has 100 valence electrons. The first kappa shape index (κ1) is 13.8. The van der Waals surface area contributed by atoms with Gasteiger partial charge in [0.1, 0.15) is 0 Å². The molecule has 1 nitrogen and oxygen atoms in total. The number of rotatable bonds is 6. The average molecular weight is 253 g/mol. The van der Waals surface area contributed by atoms with E-state index in [2.05, 4.69) is 68.2 Å². The van der Waals surface area contributed by atoms with Gasteiger partial charge in [0.2, 0.25) is 0 Å². The molecule has 1 atom stereocenters. The van der Waals surface area contributed by atoms with E-state index in [0.29, 0.717) is 6.04 Å². The second-order valence-corrected chi connectivity index (χ2v) is 5.02. The third-order valence-corrected chi connectivity index (χ3v) is 3.62. The first-order valence-electron chi connectivity index (χ1n) is 7.13. The van der Waals surface area contributed by atoms with Gasteiger partial charge >= 0.3 is 0 Å². The lowest BCUT2D eigenvalue weighted by atomic mass is 9.96. The first-order chi connectivity index (χ1) is 9.24. The van der Waals surface area contributed by atoms with E-state index in [4.69, 9.17) is 0 Å². The van der Waals surface area contributed by atoms with Gasteiger partial charge in [-0.2, -0.15) is 0 Å². The summed E-state index contributed by atoms with van der Waals surface area (Å²) in [6.07, 6.45) is 2.07. The fourth-order valence-corrected chi connectivity index (χ4v) is 2.41. The van der Waals surface area contributed by atoms with Crippen LogP contribution in [-0.2, 0) is 0 Å². The maximum atomic E-state index is 4.14. The van der Waals surface area contributed by atoms with Gasteiger partial charge in [-0.3, -0.25) is 0 Å². The van der Waals surface area contributed by atoms with Crippen molar-refractivity contribution in [2.45, 2.75) is 32.7 Å². The summed E-state index contributed by atoms with van der Waals surface area (Å²) in [6.45, 7) is 9.45. The fourth-order valence-electron chi connectivity index (χ4n) is 2.41. The lowest BCUT2D eigenvalue weighted by molar-refractivity contribution is 0.543. The number of hydrogen-bond acceptors (Lipinski definition) is 1. The molecule has 0 aliphatic carbocycles. The summed E-state index contributed by atoms with van der Waals surface area (Å²) in [5, 5.41) is 6.18. The molecule has 0 fully saturated rings. The molecule has 0 aliphatic rings. The van der Waals surface area contributed by atoms with Crippen LogP contribution in [0.5, 0.6) is 0 Å². The lowest BCUT2D eigenvalue weighted by Crippen LogP contribution is -2.21. The van der Waals surface area contributed by atoms with Crippen LogP contribution in [0.3, 0.4) is 0 Å². The lowest BCUT2D eigenvalue weighted by Gasteiger charge is -2.19. The predicted octanol–water partition coefficient (Wildman–Crippen LogP) is 4.85. The molecule has 0 spiro atoms. The van der Waals surface area contributed by atoms with E-state index >= 15 is 0 Å². The van der Waals surface area contributed by atoms with E-state index in [1.54, 1.807) is 0 Å². The quantitative estimate of drug-likeness (QED) is 0.726. The van der Waals surface area contributed by atoms with Gasteiger partial charge in [-0.25, -0.2) is 0 Å². The topological polar surface area (TPSA) is 12.0 Å². The van der Waals surface area contributed by atoms with E-state index in [1.165, 1.54) is 21.9 Å². The van der Waals surface area contributed by atoms with Crippen LogP contribution in [0.4, 0.5) is 0 Å². The van der Waals surface area contributed by atoms with Crippen molar-refractivity contribution in [2.75, 3.05) is 6.54 Å². The summed E-state index contributed by atoms with van der Waals surface area (Å²) in [7, 11) is 0. The van der Waals surface area contributed by atoms with Crippen LogP contribution < -0.4 is 5.32 Å². The maximum Gasteiger partial charge on any atom is 0.0357 e. The Labute approximate surface area is 116 Å². The summed E-state index contributed by atoms with van der Waals surface area (Å²) in [4.78, 5) is 0. The van der Waals surface area contributed by atoms with Crippen molar-refractivity contribution < 1.29 is 0 Å². The second kappa shape index (κ2) is 6.53. The van der Waals surface area contributed by atoms with Gasteiger partial charge in [-0.1, -0.05) is 62.4 Å². The molecule has 0 bridgehead atoms. The predicted molar refractivity (Wildman–Crippen MR) is 84.4 cm³/mol. The summed E-state index contributed by atoms with van der Waals surface area (Å²) in [5.74, 6) is 0. The largest absolute Gasteiger partial charge is 0.310 e. The Hall–Kier alpha value is -1.60. The zero-order valence-corrected chi connectivity index (χ0v) is 11.9. The molecule has 0 heterocycles. The Bertz CT molecular complexity index is 556. The molecule has 0 aromatic heterocycles. The third-order valence-electron chi connectivity index (χ3n) is 3.62. The summed E-state index contributed by atoms with van der Waals surface area (Å²) in [6, 6.07) is 15.6. The molecule has 0 saturated heterocycles. The van der Waals surface area contributed by atoms with Crippen molar-refractivity contribution in [1.29, 1.82) is 0 Å². The third kappa shape index (κ3) is 3.45. The standard InChI is InChI=1S/C18H23N/c1-4-14(3)12-18(19-5-2)17-11-10-15-8-6-7-9-16(15)13-17/h6-11,13,18-19H,3-5,12H2,1-2H3. The van der Waals surface area contributed by atoms with Gasteiger partial charge in [-0.05, 0) is 41.8 Å². The average Bonchev–Trinajstić information content (AvgIpc) is 2.46. The van der Waals surface area contributed by atoms with E-state index < -0.39 is 0 Å². The molecule has 0 aliphatic heterocycles. The number of hydrogen-bond donors (Lipinski definition) is 1. The van der Waals surface area contributed by atoms with Crippen LogP contribution in [0.1, 0.15) is 38.3 Å². The van der Waals surface area contributed by atoms with Gasteiger partial charge in [-0.15, -0.1) is 0 Å². The van der Waals surface area contributed by atoms with Crippen molar-refractivity contribution in [3.05, 3.63) is 60.2 Å². The maximum absolute atomic E-state index is 4.14. The Balaban J connectivity index is 2.30. The first-order valence-corrected chi connectivity index (χ1v) is 7.13. The van der Waals surface area contributed by atoms with Gasteiger partial charge in [0, 0.05) is 6.04 Å². The fraction of sp³-hybridized carbons (Fsp3) is 0.333. The molecule has 1 unspecified atom stereocenters. The SMILES string of the molecule is C=C(CC)CC(NCC)c1ccc2ccccc2c1. The zero-order valence-electron chi connectivity index (χ0n) is 11.9. The van der Waals surface area contributed by atoms with Crippen LogP contribution in [-0.4, -0.2) is 6.54 Å². The minimum absolute atomic E-state index is 0.377. The van der Waals surface area contributed by atoms with E-state index in [0.717, 1.165) is 19.4 Å². The van der Waals surface area contributed by atoms with Crippen molar-refractivity contribution in [3.8, 4) is 0 Å². The smallest absolute Gasteiger partial charge is 0.0357 e. The van der Waals surface area contributed by atoms with Crippen LogP contribution in [0.2, 0.25) is 0 Å². The molecule has 2 aromatic carbocycles. The van der Waals surface area contributed by atoms with E-state index in [1.807, 2.05) is 0 Å². The van der Waals surface area contributed by atoms with Gasteiger partial charge in [0.15, 0.2) is 0 Å². The molecule has 0 radical (unpaired) electrons. The molecule has 2 rings (SSSR count). The molecular formula is C18H23N. The van der Waals surface area contributed by atoms with Crippen molar-refractivity contribution >= 4 is 10.8 Å². The van der Waals surface area contributed by atoms with Gasteiger partial charge in [0.05, 0.1) is 0 Å². The highest BCUT2D eigenvalue weighted by atomic mass is 14.9. The van der Waals surface area contributed by atoms with Crippen molar-refractivity contribution in [3.63, 3.8) is 0 Å². The molecule has 0 amide bonds. The van der Waals surface area contributed by atoms with Crippen LogP contribution >= 0.6 is 0 Å². The number of benzene rings is 2. The van der Waals surface area contributed by atoms with Crippen LogP contribution in [0.15, 0.2) is 54.6 Å². The highest BCUT2D eigenvalue weighted by Gasteiger charge is 2.11. The molecular weight excluding hydrogens is 230 g/mol. The monoisotopic (exact) mass is 253 g/mol. The van der Waals surface area contributed by atoms with Crippen molar-refractivity contribution in [1.82, 2.24) is 5.32 Å². The Morgan fingerprint density at radius 2 is 1.84 bits per heavy atom. The molecule has 2 aromatic rings. The summed E-state index contributed by atoms with van der Waals surface area (Å²) in [5.41, 5.74) is 2.66. The minimum Gasteiger partial charge on any atom is -0.310 e. The Kier molecular flexibility index (Phi) is 4.75. The van der Waals surface area contributed by atoms with Crippen LogP contribution in [0, 0.1) is 0 Å². The Morgan fingerprint density at radius 3 is 2.53 bits per heavy atom. The Morgan fingerprint density at radius 1 is 1.11 bits per heavy atom. The number of nitrogens with one attached hydrogen (secondary N) is 1. The van der Waals surface area contributed by atoms with E-state index in [-0.39, 0.29) is 0 Å². The highest BCUT2D eigenvalue weighted by Crippen LogP contribution is 2.25. The second-order valence-electron chi connectivity index (χ2n) is 5.02. The van der Waals surface area contributed by atoms with Gasteiger partial charge < -0.3 is 5.32 Å². The molecule has 0 saturated carbocycles. The highest BCUT2D eigenvalue weighted by molar-refractivity contribution is 5.83. The molecule has 1 heteroatoms. The van der Waals surface area contributed by atoms with Gasteiger partial charge in [0.25, 0.3) is 0 Å². The summed E-state index contributed by atoms with van der Waals surface area (Å²) < 4.78 is 0. The van der Waals surface area contributed by atoms with Crippen molar-refractivity contribution in [2.24, 2.45) is 0 Å². The zero-order chi connectivity index (χ0) is 13.7. The molecule has 1 N–H and O–H groups in total. The molecule has 19 heavy (non-hydrogen) atoms. The summed E-state index contributed by atoms with van der Waals surface area (Å²) >= 11 is 0. The normalized spacial score (nSPS) is 12.5.